The summed E-state index contributed by atoms with van der Waals surface area (Å²) in [5.41, 5.74) is 0. The first-order valence-corrected chi connectivity index (χ1v) is 9.32. The molecule has 0 aromatic rings. The van der Waals surface area contributed by atoms with Gasteiger partial charge >= 0.3 is 12.2 Å². The lowest BCUT2D eigenvalue weighted by Crippen LogP contribution is -2.27. The number of rotatable bonds is 17. The SMILES string of the molecule is C=COCCCCOC(=O)NCCCCCCNC(=O)OCCOCC. The molecule has 8 heteroatoms. The van der Waals surface area contributed by atoms with Gasteiger partial charge in [0.1, 0.15) is 6.61 Å². The van der Waals surface area contributed by atoms with Gasteiger partial charge in [0, 0.05) is 19.7 Å². The molecule has 0 aliphatic heterocycles. The highest BCUT2D eigenvalue weighted by molar-refractivity contribution is 5.67. The quantitative estimate of drug-likeness (QED) is 0.300. The van der Waals surface area contributed by atoms with Crippen LogP contribution in [0.2, 0.25) is 0 Å². The average Bonchev–Trinajstić information content (AvgIpc) is 2.64. The van der Waals surface area contributed by atoms with Crippen molar-refractivity contribution < 1.29 is 28.5 Å². The highest BCUT2D eigenvalue weighted by Gasteiger charge is 2.02. The third-order valence-corrected chi connectivity index (χ3v) is 3.31. The minimum Gasteiger partial charge on any atom is -0.502 e. The summed E-state index contributed by atoms with van der Waals surface area (Å²) < 4.78 is 20.0. The van der Waals surface area contributed by atoms with Gasteiger partial charge < -0.3 is 29.6 Å². The van der Waals surface area contributed by atoms with Crippen LogP contribution in [0.1, 0.15) is 45.4 Å². The van der Waals surface area contributed by atoms with Crippen molar-refractivity contribution in [2.75, 3.05) is 46.1 Å². The number of nitrogens with one attached hydrogen (secondary N) is 2. The van der Waals surface area contributed by atoms with Gasteiger partial charge in [0.15, 0.2) is 0 Å². The molecular formula is C18H34N2O6. The van der Waals surface area contributed by atoms with Gasteiger partial charge in [0.05, 0.1) is 26.1 Å². The van der Waals surface area contributed by atoms with Gasteiger partial charge in [0.2, 0.25) is 0 Å². The van der Waals surface area contributed by atoms with E-state index in [1.54, 1.807) is 0 Å². The Hall–Kier alpha value is -1.96. The van der Waals surface area contributed by atoms with Gasteiger partial charge in [-0.1, -0.05) is 19.4 Å². The number of amides is 2. The van der Waals surface area contributed by atoms with E-state index in [0.29, 0.717) is 39.5 Å². The van der Waals surface area contributed by atoms with Crippen LogP contribution in [-0.4, -0.2) is 58.3 Å². The molecular weight excluding hydrogens is 340 g/mol. The maximum absolute atomic E-state index is 11.4. The van der Waals surface area contributed by atoms with Crippen molar-refractivity contribution in [2.24, 2.45) is 0 Å². The molecule has 0 radical (unpaired) electrons. The Balaban J connectivity index is 3.26. The van der Waals surface area contributed by atoms with E-state index in [0.717, 1.165) is 38.5 Å². The Kier molecular flexibility index (Phi) is 17.9. The smallest absolute Gasteiger partial charge is 0.407 e. The van der Waals surface area contributed by atoms with Crippen molar-refractivity contribution in [2.45, 2.75) is 45.4 Å². The van der Waals surface area contributed by atoms with Gasteiger partial charge in [-0.3, -0.25) is 0 Å². The number of ether oxygens (including phenoxy) is 4. The molecule has 0 aliphatic rings. The minimum absolute atomic E-state index is 0.268. The number of carbonyl (C=O) groups is 2. The predicted octanol–water partition coefficient (Wildman–Crippen LogP) is 2.98. The van der Waals surface area contributed by atoms with Gasteiger partial charge in [0.25, 0.3) is 0 Å². The summed E-state index contributed by atoms with van der Waals surface area (Å²) in [7, 11) is 0. The lowest BCUT2D eigenvalue weighted by molar-refractivity contribution is 0.0788. The first-order valence-electron chi connectivity index (χ1n) is 9.32. The zero-order valence-corrected chi connectivity index (χ0v) is 15.9. The number of carbonyl (C=O) groups excluding carboxylic acids is 2. The van der Waals surface area contributed by atoms with Crippen LogP contribution >= 0.6 is 0 Å². The Morgan fingerprint density at radius 3 is 1.96 bits per heavy atom. The van der Waals surface area contributed by atoms with Crippen molar-refractivity contribution in [1.82, 2.24) is 10.6 Å². The molecule has 0 saturated heterocycles. The first kappa shape index (κ1) is 24.0. The van der Waals surface area contributed by atoms with E-state index in [1.165, 1.54) is 6.26 Å². The molecule has 0 rings (SSSR count). The molecule has 0 aliphatic carbocycles. The van der Waals surface area contributed by atoms with Gasteiger partial charge in [-0.15, -0.1) is 0 Å². The second-order valence-corrected chi connectivity index (χ2v) is 5.48. The predicted molar refractivity (Wildman–Crippen MR) is 99.0 cm³/mol. The second-order valence-electron chi connectivity index (χ2n) is 5.48. The van der Waals surface area contributed by atoms with Crippen molar-refractivity contribution >= 4 is 12.2 Å². The van der Waals surface area contributed by atoms with Crippen LogP contribution in [0.4, 0.5) is 9.59 Å². The van der Waals surface area contributed by atoms with E-state index >= 15 is 0 Å². The van der Waals surface area contributed by atoms with E-state index < -0.39 is 6.09 Å². The summed E-state index contributed by atoms with van der Waals surface area (Å²) in [5.74, 6) is 0. The maximum atomic E-state index is 11.4. The first-order chi connectivity index (χ1) is 12.7. The molecule has 0 aromatic heterocycles. The fourth-order valence-corrected chi connectivity index (χ4v) is 1.96. The zero-order chi connectivity index (χ0) is 19.3. The summed E-state index contributed by atoms with van der Waals surface area (Å²) in [4.78, 5) is 22.7. The van der Waals surface area contributed by atoms with Crippen molar-refractivity contribution in [3.8, 4) is 0 Å². The Morgan fingerprint density at radius 2 is 1.38 bits per heavy atom. The van der Waals surface area contributed by atoms with Gasteiger partial charge in [-0.25, -0.2) is 9.59 Å². The molecule has 0 heterocycles. The third-order valence-electron chi connectivity index (χ3n) is 3.31. The minimum atomic E-state index is -0.412. The second kappa shape index (κ2) is 19.4. The highest BCUT2D eigenvalue weighted by Crippen LogP contribution is 1.98. The maximum Gasteiger partial charge on any atom is 0.407 e. The molecule has 0 bridgehead atoms. The van der Waals surface area contributed by atoms with E-state index in [4.69, 9.17) is 18.9 Å². The molecule has 0 aromatic carbocycles. The van der Waals surface area contributed by atoms with Crippen molar-refractivity contribution in [3.63, 3.8) is 0 Å². The van der Waals surface area contributed by atoms with Gasteiger partial charge in [-0.2, -0.15) is 0 Å². The van der Waals surface area contributed by atoms with Crippen LogP contribution in [0, 0.1) is 0 Å². The molecule has 0 fully saturated rings. The zero-order valence-electron chi connectivity index (χ0n) is 15.9. The molecule has 0 atom stereocenters. The van der Waals surface area contributed by atoms with Crippen LogP contribution in [0.3, 0.4) is 0 Å². The highest BCUT2D eigenvalue weighted by atomic mass is 16.6. The number of hydrogen-bond acceptors (Lipinski definition) is 6. The molecule has 0 spiro atoms. The van der Waals surface area contributed by atoms with E-state index in [-0.39, 0.29) is 12.7 Å². The van der Waals surface area contributed by atoms with Crippen LogP contribution in [0.15, 0.2) is 12.8 Å². The molecule has 2 N–H and O–H groups in total. The summed E-state index contributed by atoms with van der Waals surface area (Å²) >= 11 is 0. The monoisotopic (exact) mass is 374 g/mol. The molecule has 2 amide bonds. The lowest BCUT2D eigenvalue weighted by Gasteiger charge is -2.08. The molecule has 26 heavy (non-hydrogen) atoms. The van der Waals surface area contributed by atoms with Crippen molar-refractivity contribution in [3.05, 3.63) is 12.8 Å². The fraction of sp³-hybridized carbons (Fsp3) is 0.778. The van der Waals surface area contributed by atoms with Crippen molar-refractivity contribution in [1.29, 1.82) is 0 Å². The van der Waals surface area contributed by atoms with Gasteiger partial charge in [-0.05, 0) is 32.6 Å². The fourth-order valence-electron chi connectivity index (χ4n) is 1.96. The number of hydrogen-bond donors (Lipinski definition) is 2. The van der Waals surface area contributed by atoms with E-state index in [9.17, 15) is 9.59 Å². The third kappa shape index (κ3) is 18.4. The molecule has 0 unspecified atom stereocenters. The Morgan fingerprint density at radius 1 is 0.808 bits per heavy atom. The summed E-state index contributed by atoms with van der Waals surface area (Å²) in [6.45, 7) is 8.79. The Bertz CT molecular complexity index is 366. The van der Waals surface area contributed by atoms with Crippen LogP contribution in [-0.2, 0) is 18.9 Å². The average molecular weight is 374 g/mol. The molecule has 0 saturated carbocycles. The molecule has 152 valence electrons. The standard InChI is InChI=1S/C18H34N2O6/c1-3-23-13-9-10-14-25-17(21)19-11-7-5-6-8-12-20-18(22)26-16-15-24-4-2/h3H,1,4-16H2,2H3,(H,19,21)(H,20,22). The van der Waals surface area contributed by atoms with E-state index in [1.807, 2.05) is 6.92 Å². The topological polar surface area (TPSA) is 95.1 Å². The van der Waals surface area contributed by atoms with Crippen LogP contribution < -0.4 is 10.6 Å². The number of alkyl carbamates (subject to hydrolysis) is 2. The number of unbranched alkanes of at least 4 members (excludes halogenated alkanes) is 4. The summed E-state index contributed by atoms with van der Waals surface area (Å²) in [6, 6.07) is 0. The largest absolute Gasteiger partial charge is 0.502 e. The summed E-state index contributed by atoms with van der Waals surface area (Å²) in [5, 5.41) is 5.41. The summed E-state index contributed by atoms with van der Waals surface area (Å²) in [6.07, 6.45) is 5.89. The lowest BCUT2D eigenvalue weighted by atomic mass is 10.2. The Labute approximate surface area is 156 Å². The molecule has 8 nitrogen and oxygen atoms in total. The van der Waals surface area contributed by atoms with Crippen LogP contribution in [0.5, 0.6) is 0 Å². The normalized spacial score (nSPS) is 10.0. The van der Waals surface area contributed by atoms with E-state index in [2.05, 4.69) is 17.2 Å². The van der Waals surface area contributed by atoms with Crippen LogP contribution in [0.25, 0.3) is 0 Å².